The van der Waals surface area contributed by atoms with E-state index in [1.165, 1.54) is 9.87 Å². The fourth-order valence-corrected chi connectivity index (χ4v) is 5.67. The molecule has 0 spiro atoms. The van der Waals surface area contributed by atoms with Crippen molar-refractivity contribution in [1.82, 2.24) is 4.98 Å². The van der Waals surface area contributed by atoms with Gasteiger partial charge in [0, 0.05) is 19.8 Å². The van der Waals surface area contributed by atoms with Crippen molar-refractivity contribution in [3.05, 3.63) is 77.6 Å². The number of benzene rings is 2. The first-order valence-electron chi connectivity index (χ1n) is 10.8. The molecule has 0 amide bonds. The zero-order valence-electron chi connectivity index (χ0n) is 17.9. The Morgan fingerprint density at radius 2 is 1.75 bits per heavy atom. The van der Waals surface area contributed by atoms with Crippen molar-refractivity contribution in [1.29, 1.82) is 5.26 Å². The molecule has 0 unspecified atom stereocenters. The number of nitrogens with zero attached hydrogens (tertiary/aromatic N) is 4. The van der Waals surface area contributed by atoms with Crippen LogP contribution in [-0.2, 0) is 23.1 Å². The molecule has 2 aliphatic rings. The molecule has 6 nitrogen and oxygen atoms in total. The van der Waals surface area contributed by atoms with Crippen LogP contribution in [0.3, 0.4) is 0 Å². The van der Waals surface area contributed by atoms with Crippen molar-refractivity contribution in [2.24, 2.45) is 5.92 Å². The number of aryl methyl sites for hydroxylation is 2. The fraction of sp³-hybridized carbons (Fsp3) is 0.280. The number of hydrogen-bond donors (Lipinski definition) is 0. The van der Waals surface area contributed by atoms with Gasteiger partial charge < -0.3 is 0 Å². The van der Waals surface area contributed by atoms with Gasteiger partial charge in [-0.3, -0.25) is 8.61 Å². The van der Waals surface area contributed by atoms with E-state index in [-0.39, 0.29) is 0 Å². The molecule has 0 atom stereocenters. The van der Waals surface area contributed by atoms with Gasteiger partial charge in [0.15, 0.2) is 0 Å². The predicted molar refractivity (Wildman–Crippen MR) is 126 cm³/mol. The standard InChI is InChI=1S/C25H24N4O2S/c1-28-25-15-22(9-10-24(25)29(32(28,30)31)17-20-7-8-20)21-4-2-3-18(13-21)5-6-19-11-12-27-23(14-19)16-26/h2-4,9-15,20H,5-8,17H2,1H3. The molecule has 0 bridgehead atoms. The van der Waals surface area contributed by atoms with E-state index in [4.69, 9.17) is 5.26 Å². The summed E-state index contributed by atoms with van der Waals surface area (Å²) in [5.41, 5.74) is 6.27. The lowest BCUT2D eigenvalue weighted by Gasteiger charge is -2.18. The van der Waals surface area contributed by atoms with Gasteiger partial charge in [0.1, 0.15) is 11.8 Å². The van der Waals surface area contributed by atoms with Crippen LogP contribution >= 0.6 is 0 Å². The van der Waals surface area contributed by atoms with Crippen molar-refractivity contribution >= 4 is 21.6 Å². The maximum atomic E-state index is 12.9. The Kier molecular flexibility index (Phi) is 5.10. The number of pyridine rings is 1. The number of anilines is 2. The summed E-state index contributed by atoms with van der Waals surface area (Å²) >= 11 is 0. The van der Waals surface area contributed by atoms with Crippen LogP contribution in [0.5, 0.6) is 0 Å². The number of hydrogen-bond acceptors (Lipinski definition) is 4. The number of fused-ring (bicyclic) bond motifs is 1. The second-order valence-electron chi connectivity index (χ2n) is 8.51. The molecule has 1 fully saturated rings. The van der Waals surface area contributed by atoms with Gasteiger partial charge in [-0.1, -0.05) is 30.3 Å². The van der Waals surface area contributed by atoms with Gasteiger partial charge in [-0.05, 0) is 78.1 Å². The molecule has 5 rings (SSSR count). The highest BCUT2D eigenvalue weighted by molar-refractivity contribution is 7.94. The van der Waals surface area contributed by atoms with Gasteiger partial charge in [0.2, 0.25) is 0 Å². The van der Waals surface area contributed by atoms with Crippen molar-refractivity contribution in [2.75, 3.05) is 22.2 Å². The van der Waals surface area contributed by atoms with Crippen molar-refractivity contribution in [3.8, 4) is 17.2 Å². The van der Waals surface area contributed by atoms with Crippen LogP contribution in [0.1, 0.15) is 29.7 Å². The van der Waals surface area contributed by atoms with Gasteiger partial charge in [-0.25, -0.2) is 4.98 Å². The second kappa shape index (κ2) is 7.95. The average Bonchev–Trinajstić information content (AvgIpc) is 3.62. The Balaban J connectivity index is 1.39. The lowest BCUT2D eigenvalue weighted by molar-refractivity contribution is 0.590. The highest BCUT2D eigenvalue weighted by Gasteiger charge is 2.40. The van der Waals surface area contributed by atoms with Gasteiger partial charge >= 0.3 is 10.2 Å². The molecule has 1 aromatic heterocycles. The number of nitriles is 1. The first-order valence-corrected chi connectivity index (χ1v) is 12.2. The quantitative estimate of drug-likeness (QED) is 0.567. The molecule has 32 heavy (non-hydrogen) atoms. The summed E-state index contributed by atoms with van der Waals surface area (Å²) in [6.45, 7) is 0.566. The normalized spacial score (nSPS) is 16.6. The molecule has 7 heteroatoms. The monoisotopic (exact) mass is 444 g/mol. The third-order valence-electron chi connectivity index (χ3n) is 6.23. The van der Waals surface area contributed by atoms with E-state index in [1.807, 2.05) is 36.4 Å². The van der Waals surface area contributed by atoms with Gasteiger partial charge in [0.25, 0.3) is 0 Å². The topological polar surface area (TPSA) is 77.3 Å². The average molecular weight is 445 g/mol. The smallest absolute Gasteiger partial charge is 0.254 e. The van der Waals surface area contributed by atoms with E-state index in [2.05, 4.69) is 29.3 Å². The number of aromatic nitrogens is 1. The van der Waals surface area contributed by atoms with Crippen molar-refractivity contribution < 1.29 is 8.42 Å². The summed E-state index contributed by atoms with van der Waals surface area (Å²) in [5, 5.41) is 9.03. The Bertz CT molecular complexity index is 1330. The van der Waals surface area contributed by atoms with Gasteiger partial charge in [-0.2, -0.15) is 13.7 Å². The third kappa shape index (κ3) is 3.82. The highest BCUT2D eigenvalue weighted by Crippen LogP contribution is 2.44. The lowest BCUT2D eigenvalue weighted by atomic mass is 9.98. The summed E-state index contributed by atoms with van der Waals surface area (Å²) in [6, 6.07) is 20.1. The van der Waals surface area contributed by atoms with E-state index < -0.39 is 10.2 Å². The zero-order chi connectivity index (χ0) is 22.3. The summed E-state index contributed by atoms with van der Waals surface area (Å²) in [7, 11) is -1.86. The summed E-state index contributed by atoms with van der Waals surface area (Å²) < 4.78 is 28.8. The van der Waals surface area contributed by atoms with E-state index in [1.54, 1.807) is 17.5 Å². The largest absolute Gasteiger partial charge is 0.326 e. The summed E-state index contributed by atoms with van der Waals surface area (Å²) in [4.78, 5) is 4.02. The highest BCUT2D eigenvalue weighted by atomic mass is 32.2. The Morgan fingerprint density at radius 1 is 1.00 bits per heavy atom. The van der Waals surface area contributed by atoms with Crippen LogP contribution < -0.4 is 8.61 Å². The summed E-state index contributed by atoms with van der Waals surface area (Å²) in [5.74, 6) is 0.477. The molecule has 0 radical (unpaired) electrons. The maximum absolute atomic E-state index is 12.9. The first kappa shape index (κ1) is 20.5. The molecular formula is C25H24N4O2S. The molecule has 3 aromatic rings. The second-order valence-corrected chi connectivity index (χ2v) is 10.4. The van der Waals surface area contributed by atoms with E-state index in [0.29, 0.717) is 18.2 Å². The van der Waals surface area contributed by atoms with Crippen LogP contribution in [-0.4, -0.2) is 27.0 Å². The van der Waals surface area contributed by atoms with Crippen LogP contribution in [0.15, 0.2) is 60.8 Å². The molecule has 2 aromatic carbocycles. The molecule has 0 saturated heterocycles. The Hall–Kier alpha value is -3.37. The first-order chi connectivity index (χ1) is 15.5. The van der Waals surface area contributed by atoms with Gasteiger partial charge in [0.05, 0.1) is 11.4 Å². The van der Waals surface area contributed by atoms with Crippen molar-refractivity contribution in [3.63, 3.8) is 0 Å². The zero-order valence-corrected chi connectivity index (χ0v) is 18.7. The van der Waals surface area contributed by atoms with Crippen LogP contribution in [0.25, 0.3) is 11.1 Å². The van der Waals surface area contributed by atoms with E-state index in [0.717, 1.165) is 53.7 Å². The molecule has 2 heterocycles. The SMILES string of the molecule is CN1c2cc(-c3cccc(CCc4ccnc(C#N)c4)c3)ccc2N(CC2CC2)S1(=O)=O. The van der Waals surface area contributed by atoms with Gasteiger partial charge in [-0.15, -0.1) is 0 Å². The Labute approximate surface area is 188 Å². The van der Waals surface area contributed by atoms with E-state index >= 15 is 0 Å². The molecular weight excluding hydrogens is 420 g/mol. The maximum Gasteiger partial charge on any atom is 0.326 e. The predicted octanol–water partition coefficient (Wildman–Crippen LogP) is 4.32. The summed E-state index contributed by atoms with van der Waals surface area (Å²) in [6.07, 6.45) is 5.55. The molecule has 1 aliphatic heterocycles. The lowest BCUT2D eigenvalue weighted by Crippen LogP contribution is -2.36. The fourth-order valence-electron chi connectivity index (χ4n) is 4.18. The molecule has 1 aliphatic carbocycles. The third-order valence-corrected chi connectivity index (χ3v) is 8.02. The van der Waals surface area contributed by atoms with E-state index in [9.17, 15) is 8.42 Å². The molecule has 0 N–H and O–H groups in total. The number of rotatable bonds is 6. The minimum absolute atomic E-state index is 0.434. The minimum Gasteiger partial charge on any atom is -0.254 e. The Morgan fingerprint density at radius 3 is 2.50 bits per heavy atom. The van der Waals surface area contributed by atoms with Crippen molar-refractivity contribution in [2.45, 2.75) is 25.7 Å². The van der Waals surface area contributed by atoms with Crippen LogP contribution in [0.2, 0.25) is 0 Å². The molecule has 162 valence electrons. The van der Waals surface area contributed by atoms with Crippen LogP contribution in [0, 0.1) is 17.2 Å². The molecule has 1 saturated carbocycles. The van der Waals surface area contributed by atoms with Crippen LogP contribution in [0.4, 0.5) is 11.4 Å². The minimum atomic E-state index is -3.49.